The van der Waals surface area contributed by atoms with Gasteiger partial charge in [0.1, 0.15) is 12.1 Å². The molecule has 1 aliphatic carbocycles. The van der Waals surface area contributed by atoms with Crippen LogP contribution in [0.3, 0.4) is 0 Å². The van der Waals surface area contributed by atoms with Gasteiger partial charge in [-0.25, -0.2) is 9.97 Å². The summed E-state index contributed by atoms with van der Waals surface area (Å²) in [5.41, 5.74) is 8.47. The maximum atomic E-state index is 5.78. The number of anilines is 1. The Balaban J connectivity index is 1.88. The molecule has 0 amide bonds. The van der Waals surface area contributed by atoms with Gasteiger partial charge >= 0.3 is 0 Å². The molecule has 4 nitrogen and oxygen atoms in total. The molecular formula is C14H22N4. The van der Waals surface area contributed by atoms with Gasteiger partial charge in [0.05, 0.1) is 0 Å². The minimum absolute atomic E-state index is 0.640. The number of nitrogens with two attached hydrogens (primary N) is 1. The molecule has 1 atom stereocenters. The third-order valence-corrected chi connectivity index (χ3v) is 4.27. The quantitative estimate of drug-likeness (QED) is 0.804. The molecule has 2 N–H and O–H groups in total. The van der Waals surface area contributed by atoms with Crippen molar-refractivity contribution in [2.45, 2.75) is 38.5 Å². The van der Waals surface area contributed by atoms with Crippen LogP contribution in [0, 0.1) is 5.92 Å². The number of nitrogens with zero attached hydrogens (tertiary/aromatic N) is 3. The molecule has 2 heterocycles. The molecule has 2 aliphatic rings. The van der Waals surface area contributed by atoms with E-state index in [4.69, 9.17) is 5.73 Å². The van der Waals surface area contributed by atoms with Crippen LogP contribution in [0.1, 0.15) is 36.9 Å². The molecule has 1 saturated heterocycles. The number of fused-ring (bicyclic) bond motifs is 1. The van der Waals surface area contributed by atoms with Crippen molar-refractivity contribution in [1.82, 2.24) is 9.97 Å². The Bertz CT molecular complexity index is 418. The molecule has 1 aromatic heterocycles. The third kappa shape index (κ3) is 2.21. The zero-order valence-electron chi connectivity index (χ0n) is 10.9. The smallest absolute Gasteiger partial charge is 0.135 e. The van der Waals surface area contributed by atoms with Crippen LogP contribution in [-0.2, 0) is 12.8 Å². The Morgan fingerprint density at radius 1 is 1.22 bits per heavy atom. The van der Waals surface area contributed by atoms with E-state index in [1.165, 1.54) is 42.8 Å². The van der Waals surface area contributed by atoms with E-state index in [0.29, 0.717) is 5.92 Å². The van der Waals surface area contributed by atoms with Crippen LogP contribution in [0.25, 0.3) is 0 Å². The van der Waals surface area contributed by atoms with Gasteiger partial charge in [0, 0.05) is 24.3 Å². The number of aryl methyl sites for hydroxylation is 1. The largest absolute Gasteiger partial charge is 0.356 e. The van der Waals surface area contributed by atoms with Crippen molar-refractivity contribution in [1.29, 1.82) is 0 Å². The van der Waals surface area contributed by atoms with Crippen molar-refractivity contribution < 1.29 is 0 Å². The van der Waals surface area contributed by atoms with Crippen molar-refractivity contribution in [3.05, 3.63) is 17.6 Å². The van der Waals surface area contributed by atoms with Crippen molar-refractivity contribution in [2.24, 2.45) is 11.7 Å². The van der Waals surface area contributed by atoms with Gasteiger partial charge < -0.3 is 10.6 Å². The van der Waals surface area contributed by atoms with Crippen molar-refractivity contribution >= 4 is 5.82 Å². The average molecular weight is 246 g/mol. The molecule has 0 radical (unpaired) electrons. The minimum Gasteiger partial charge on any atom is -0.356 e. The average Bonchev–Trinajstić information content (AvgIpc) is 2.75. The summed E-state index contributed by atoms with van der Waals surface area (Å²) in [5.74, 6) is 1.83. The number of aromatic nitrogens is 2. The van der Waals surface area contributed by atoms with Gasteiger partial charge in [-0.1, -0.05) is 6.42 Å². The maximum Gasteiger partial charge on any atom is 0.135 e. The lowest BCUT2D eigenvalue weighted by molar-refractivity contribution is 0.602. The summed E-state index contributed by atoms with van der Waals surface area (Å²) in [4.78, 5) is 11.5. The summed E-state index contributed by atoms with van der Waals surface area (Å²) in [6.45, 7) is 2.97. The molecule has 1 unspecified atom stereocenters. The lowest BCUT2D eigenvalue weighted by Gasteiger charge is -2.21. The Morgan fingerprint density at radius 2 is 2.11 bits per heavy atom. The molecule has 98 valence electrons. The van der Waals surface area contributed by atoms with Crippen LogP contribution in [0.5, 0.6) is 0 Å². The SMILES string of the molecule is NCC1CCN(c2ncnc3c2CCCCC3)C1. The fourth-order valence-corrected chi connectivity index (χ4v) is 3.17. The molecule has 1 aromatic rings. The van der Waals surface area contributed by atoms with Crippen LogP contribution >= 0.6 is 0 Å². The van der Waals surface area contributed by atoms with Gasteiger partial charge in [-0.05, 0) is 44.6 Å². The first-order valence-electron chi connectivity index (χ1n) is 7.16. The van der Waals surface area contributed by atoms with Gasteiger partial charge in [-0.2, -0.15) is 0 Å². The van der Waals surface area contributed by atoms with Gasteiger partial charge in [-0.15, -0.1) is 0 Å². The predicted molar refractivity (Wildman–Crippen MR) is 72.7 cm³/mol. The second kappa shape index (κ2) is 5.22. The van der Waals surface area contributed by atoms with Crippen molar-refractivity contribution in [2.75, 3.05) is 24.5 Å². The van der Waals surface area contributed by atoms with E-state index in [-0.39, 0.29) is 0 Å². The van der Waals surface area contributed by atoms with E-state index in [0.717, 1.165) is 32.5 Å². The van der Waals surface area contributed by atoms with Gasteiger partial charge in [-0.3, -0.25) is 0 Å². The van der Waals surface area contributed by atoms with Gasteiger partial charge in [0.15, 0.2) is 0 Å². The fourth-order valence-electron chi connectivity index (χ4n) is 3.17. The monoisotopic (exact) mass is 246 g/mol. The summed E-state index contributed by atoms with van der Waals surface area (Å²) in [5, 5.41) is 0. The summed E-state index contributed by atoms with van der Waals surface area (Å²) in [6, 6.07) is 0. The molecule has 0 aromatic carbocycles. The van der Waals surface area contributed by atoms with E-state index >= 15 is 0 Å². The van der Waals surface area contributed by atoms with E-state index < -0.39 is 0 Å². The zero-order chi connectivity index (χ0) is 12.4. The first-order valence-corrected chi connectivity index (χ1v) is 7.16. The van der Waals surface area contributed by atoms with Crippen LogP contribution < -0.4 is 10.6 Å². The minimum atomic E-state index is 0.640. The fraction of sp³-hybridized carbons (Fsp3) is 0.714. The summed E-state index contributed by atoms with van der Waals surface area (Å²) in [6.07, 6.45) is 9.09. The van der Waals surface area contributed by atoms with E-state index in [1.54, 1.807) is 6.33 Å². The molecule has 1 fully saturated rings. The zero-order valence-corrected chi connectivity index (χ0v) is 10.9. The van der Waals surface area contributed by atoms with Crippen LogP contribution in [0.4, 0.5) is 5.82 Å². The highest BCUT2D eigenvalue weighted by molar-refractivity contribution is 5.50. The lowest BCUT2D eigenvalue weighted by Crippen LogP contribution is -2.25. The van der Waals surface area contributed by atoms with Crippen molar-refractivity contribution in [3.63, 3.8) is 0 Å². The molecule has 1 aliphatic heterocycles. The Kier molecular flexibility index (Phi) is 3.46. The summed E-state index contributed by atoms with van der Waals surface area (Å²) < 4.78 is 0. The Hall–Kier alpha value is -1.16. The first-order chi connectivity index (χ1) is 8.88. The van der Waals surface area contributed by atoms with Crippen LogP contribution in [0.2, 0.25) is 0 Å². The molecule has 18 heavy (non-hydrogen) atoms. The first kappa shape index (κ1) is 11.9. The number of hydrogen-bond donors (Lipinski definition) is 1. The lowest BCUT2D eigenvalue weighted by atomic mass is 10.1. The summed E-state index contributed by atoms with van der Waals surface area (Å²) in [7, 11) is 0. The number of hydrogen-bond acceptors (Lipinski definition) is 4. The predicted octanol–water partition coefficient (Wildman–Crippen LogP) is 1.53. The molecule has 0 spiro atoms. The third-order valence-electron chi connectivity index (χ3n) is 4.27. The van der Waals surface area contributed by atoms with E-state index in [9.17, 15) is 0 Å². The van der Waals surface area contributed by atoms with Crippen molar-refractivity contribution in [3.8, 4) is 0 Å². The molecule has 4 heteroatoms. The van der Waals surface area contributed by atoms with Crippen LogP contribution in [0.15, 0.2) is 6.33 Å². The maximum absolute atomic E-state index is 5.78. The highest BCUT2D eigenvalue weighted by atomic mass is 15.2. The number of rotatable bonds is 2. The molecular weight excluding hydrogens is 224 g/mol. The normalized spacial score (nSPS) is 23.8. The van der Waals surface area contributed by atoms with Gasteiger partial charge in [0.25, 0.3) is 0 Å². The molecule has 0 bridgehead atoms. The highest BCUT2D eigenvalue weighted by Crippen LogP contribution is 2.29. The second-order valence-electron chi connectivity index (χ2n) is 5.52. The standard InChI is InChI=1S/C14H22N4/c15-8-11-6-7-18(9-11)14-12-4-2-1-3-5-13(12)16-10-17-14/h10-11H,1-9,15H2. The van der Waals surface area contributed by atoms with Gasteiger partial charge in [0.2, 0.25) is 0 Å². The highest BCUT2D eigenvalue weighted by Gasteiger charge is 2.25. The topological polar surface area (TPSA) is 55.0 Å². The Morgan fingerprint density at radius 3 is 2.94 bits per heavy atom. The summed E-state index contributed by atoms with van der Waals surface area (Å²) >= 11 is 0. The molecule has 3 rings (SSSR count). The molecule has 0 saturated carbocycles. The van der Waals surface area contributed by atoms with Crippen LogP contribution in [-0.4, -0.2) is 29.6 Å². The van der Waals surface area contributed by atoms with E-state index in [1.807, 2.05) is 0 Å². The second-order valence-corrected chi connectivity index (χ2v) is 5.52. The van der Waals surface area contributed by atoms with E-state index in [2.05, 4.69) is 14.9 Å². The Labute approximate surface area is 109 Å².